The van der Waals surface area contributed by atoms with Crippen LogP contribution in [-0.2, 0) is 4.79 Å². The molecule has 1 atom stereocenters. The van der Waals surface area contributed by atoms with Gasteiger partial charge in [-0.15, -0.1) is 0 Å². The van der Waals surface area contributed by atoms with E-state index in [-0.39, 0.29) is 11.7 Å². The van der Waals surface area contributed by atoms with E-state index in [2.05, 4.69) is 0 Å². The molecule has 0 spiro atoms. The van der Waals surface area contributed by atoms with E-state index < -0.39 is 0 Å². The summed E-state index contributed by atoms with van der Waals surface area (Å²) in [5, 5.41) is 0. The Hall–Kier alpha value is -1.68. The Morgan fingerprint density at radius 3 is 2.84 bits per heavy atom. The van der Waals surface area contributed by atoms with Gasteiger partial charge in [-0.3, -0.25) is 14.5 Å². The van der Waals surface area contributed by atoms with Gasteiger partial charge in [-0.2, -0.15) is 0 Å². The predicted octanol–water partition coefficient (Wildman–Crippen LogP) is 1.79. The zero-order valence-corrected chi connectivity index (χ0v) is 11.4. The summed E-state index contributed by atoms with van der Waals surface area (Å²) < 4.78 is 5.20. The zero-order chi connectivity index (χ0) is 13.8. The molecule has 1 saturated heterocycles. The van der Waals surface area contributed by atoms with Gasteiger partial charge in [0.05, 0.1) is 19.2 Å². The number of rotatable bonds is 4. The molecule has 1 aliphatic rings. The summed E-state index contributed by atoms with van der Waals surface area (Å²) in [6.45, 7) is 3.60. The van der Waals surface area contributed by atoms with Gasteiger partial charge < -0.3 is 4.74 Å². The Morgan fingerprint density at radius 2 is 2.16 bits per heavy atom. The number of ketones is 2. The third kappa shape index (κ3) is 3.20. The van der Waals surface area contributed by atoms with Gasteiger partial charge >= 0.3 is 0 Å². The molecule has 0 aromatic heterocycles. The Bertz CT molecular complexity index is 484. The molecule has 0 saturated carbocycles. The van der Waals surface area contributed by atoms with E-state index in [4.69, 9.17) is 4.74 Å². The second-order valence-corrected chi connectivity index (χ2v) is 4.98. The Labute approximate surface area is 113 Å². The quantitative estimate of drug-likeness (QED) is 0.775. The molecule has 4 nitrogen and oxygen atoms in total. The molecule has 19 heavy (non-hydrogen) atoms. The second-order valence-electron chi connectivity index (χ2n) is 4.98. The van der Waals surface area contributed by atoms with E-state index in [0.717, 1.165) is 0 Å². The molecule has 102 valence electrons. The minimum atomic E-state index is 0.0271. The van der Waals surface area contributed by atoms with Crippen LogP contribution in [-0.4, -0.2) is 43.2 Å². The first-order valence-corrected chi connectivity index (χ1v) is 6.53. The monoisotopic (exact) mass is 261 g/mol. The fraction of sp³-hybridized carbons (Fsp3) is 0.467. The minimum Gasteiger partial charge on any atom is -0.496 e. The lowest BCUT2D eigenvalue weighted by atomic mass is 9.98. The molecule has 0 N–H and O–H groups in total. The number of hydrogen-bond donors (Lipinski definition) is 0. The van der Waals surface area contributed by atoms with Crippen molar-refractivity contribution in [2.45, 2.75) is 13.3 Å². The molecule has 1 fully saturated rings. The summed E-state index contributed by atoms with van der Waals surface area (Å²) in [5.74, 6) is 0.966. The lowest BCUT2D eigenvalue weighted by Gasteiger charge is -2.29. The maximum Gasteiger partial charge on any atom is 0.180 e. The van der Waals surface area contributed by atoms with Crippen molar-refractivity contribution in [2.24, 2.45) is 5.92 Å². The lowest BCUT2D eigenvalue weighted by Crippen LogP contribution is -2.42. The van der Waals surface area contributed by atoms with Gasteiger partial charge in [0.15, 0.2) is 5.78 Å². The first kappa shape index (κ1) is 13.7. The highest BCUT2D eigenvalue weighted by atomic mass is 16.5. The molecule has 1 aromatic carbocycles. The van der Waals surface area contributed by atoms with E-state index in [1.165, 1.54) is 0 Å². The van der Waals surface area contributed by atoms with Crippen LogP contribution in [0.1, 0.15) is 23.7 Å². The molecule has 0 bridgehead atoms. The molecule has 1 aliphatic heterocycles. The van der Waals surface area contributed by atoms with Gasteiger partial charge in [-0.05, 0) is 12.1 Å². The van der Waals surface area contributed by atoms with Crippen LogP contribution in [0.15, 0.2) is 24.3 Å². The van der Waals surface area contributed by atoms with E-state index in [1.807, 2.05) is 24.0 Å². The largest absolute Gasteiger partial charge is 0.496 e. The van der Waals surface area contributed by atoms with Crippen molar-refractivity contribution >= 4 is 11.6 Å². The number of para-hydroxylation sites is 1. The van der Waals surface area contributed by atoms with E-state index in [1.54, 1.807) is 19.2 Å². The van der Waals surface area contributed by atoms with Crippen LogP contribution in [0.3, 0.4) is 0 Å². The number of nitrogens with zero attached hydrogens (tertiary/aromatic N) is 1. The Balaban J connectivity index is 2.03. The normalized spacial score (nSPS) is 20.3. The number of methoxy groups -OCH3 is 1. The summed E-state index contributed by atoms with van der Waals surface area (Å²) in [6, 6.07) is 7.24. The Morgan fingerprint density at radius 1 is 1.42 bits per heavy atom. The zero-order valence-electron chi connectivity index (χ0n) is 11.4. The average molecular weight is 261 g/mol. The number of piperidine rings is 1. The number of likely N-dealkylation sites (tertiary alicyclic amines) is 1. The lowest BCUT2D eigenvalue weighted by molar-refractivity contribution is -0.125. The minimum absolute atomic E-state index is 0.0271. The molecule has 0 radical (unpaired) electrons. The highest BCUT2D eigenvalue weighted by molar-refractivity contribution is 6.00. The van der Waals surface area contributed by atoms with Crippen LogP contribution in [0.5, 0.6) is 5.75 Å². The molecular weight excluding hydrogens is 242 g/mol. The van der Waals surface area contributed by atoms with Gasteiger partial charge in [0.25, 0.3) is 0 Å². The number of benzene rings is 1. The SMILES string of the molecule is COc1ccccc1C(=O)CN1CCC(=O)C(C)C1. The van der Waals surface area contributed by atoms with Gasteiger partial charge in [0, 0.05) is 25.4 Å². The van der Waals surface area contributed by atoms with Crippen LogP contribution >= 0.6 is 0 Å². The fourth-order valence-corrected chi connectivity index (χ4v) is 2.40. The summed E-state index contributed by atoms with van der Waals surface area (Å²) in [6.07, 6.45) is 0.542. The van der Waals surface area contributed by atoms with E-state index >= 15 is 0 Å². The van der Waals surface area contributed by atoms with Crippen molar-refractivity contribution < 1.29 is 14.3 Å². The van der Waals surface area contributed by atoms with Crippen molar-refractivity contribution in [3.05, 3.63) is 29.8 Å². The molecule has 4 heteroatoms. The summed E-state index contributed by atoms with van der Waals surface area (Å²) in [5.41, 5.74) is 0.606. The van der Waals surface area contributed by atoms with Crippen LogP contribution < -0.4 is 4.74 Å². The van der Waals surface area contributed by atoms with Crippen LogP contribution in [0.25, 0.3) is 0 Å². The molecule has 2 rings (SSSR count). The molecule has 1 heterocycles. The predicted molar refractivity (Wildman–Crippen MR) is 72.6 cm³/mol. The molecular formula is C15H19NO3. The van der Waals surface area contributed by atoms with Crippen molar-refractivity contribution in [2.75, 3.05) is 26.7 Å². The second kappa shape index (κ2) is 5.97. The molecule has 1 unspecified atom stereocenters. The summed E-state index contributed by atoms with van der Waals surface area (Å²) in [4.78, 5) is 25.8. The first-order valence-electron chi connectivity index (χ1n) is 6.53. The van der Waals surface area contributed by atoms with Crippen LogP contribution in [0.2, 0.25) is 0 Å². The first-order chi connectivity index (χ1) is 9.11. The number of hydrogen-bond acceptors (Lipinski definition) is 4. The number of carbonyl (C=O) groups excluding carboxylic acids is 2. The van der Waals surface area contributed by atoms with Crippen molar-refractivity contribution in [1.82, 2.24) is 4.90 Å². The number of Topliss-reactive ketones (excluding diaryl/α,β-unsaturated/α-hetero) is 2. The van der Waals surface area contributed by atoms with Gasteiger partial charge in [0.2, 0.25) is 0 Å². The smallest absolute Gasteiger partial charge is 0.180 e. The highest BCUT2D eigenvalue weighted by Crippen LogP contribution is 2.19. The number of ether oxygens (including phenoxy) is 1. The summed E-state index contributed by atoms with van der Waals surface area (Å²) >= 11 is 0. The molecule has 0 amide bonds. The van der Waals surface area contributed by atoms with Gasteiger partial charge in [0.1, 0.15) is 11.5 Å². The van der Waals surface area contributed by atoms with Crippen molar-refractivity contribution in [3.8, 4) is 5.75 Å². The maximum atomic E-state index is 12.3. The van der Waals surface area contributed by atoms with Crippen molar-refractivity contribution in [3.63, 3.8) is 0 Å². The molecule has 1 aromatic rings. The standard InChI is InChI=1S/C15H19NO3/c1-11-9-16(8-7-13(11)17)10-14(18)12-5-3-4-6-15(12)19-2/h3-6,11H,7-10H2,1-2H3. The van der Waals surface area contributed by atoms with Crippen LogP contribution in [0, 0.1) is 5.92 Å². The Kier molecular flexibility index (Phi) is 4.32. The fourth-order valence-electron chi connectivity index (χ4n) is 2.40. The third-order valence-electron chi connectivity index (χ3n) is 3.53. The van der Waals surface area contributed by atoms with E-state index in [0.29, 0.717) is 43.2 Å². The molecule has 0 aliphatic carbocycles. The van der Waals surface area contributed by atoms with Crippen molar-refractivity contribution in [1.29, 1.82) is 0 Å². The van der Waals surface area contributed by atoms with Crippen LogP contribution in [0.4, 0.5) is 0 Å². The van der Waals surface area contributed by atoms with Gasteiger partial charge in [-0.25, -0.2) is 0 Å². The summed E-state index contributed by atoms with van der Waals surface area (Å²) in [7, 11) is 1.56. The van der Waals surface area contributed by atoms with Gasteiger partial charge in [-0.1, -0.05) is 19.1 Å². The maximum absolute atomic E-state index is 12.3. The topological polar surface area (TPSA) is 46.6 Å². The average Bonchev–Trinajstić information content (AvgIpc) is 2.43. The third-order valence-corrected chi connectivity index (χ3v) is 3.53. The highest BCUT2D eigenvalue weighted by Gasteiger charge is 2.25. The van der Waals surface area contributed by atoms with E-state index in [9.17, 15) is 9.59 Å². The number of carbonyl (C=O) groups is 2.